The topological polar surface area (TPSA) is 81.1 Å². The number of carboxylic acid groups (broad SMARTS) is 1. The number of aliphatic carboxylic acids is 1. The molecule has 0 aromatic rings. The molecule has 19 heavy (non-hydrogen) atoms. The molecule has 1 saturated heterocycles. The second kappa shape index (κ2) is 7.22. The summed E-state index contributed by atoms with van der Waals surface area (Å²) in [5, 5.41) is 17.6. The molecule has 110 valence electrons. The summed E-state index contributed by atoms with van der Waals surface area (Å²) in [4.78, 5) is 24.9. The van der Waals surface area contributed by atoms with Gasteiger partial charge in [0.1, 0.15) is 0 Å². The molecule has 0 aromatic heterocycles. The van der Waals surface area contributed by atoms with Crippen LogP contribution in [0.3, 0.4) is 0 Å². The summed E-state index contributed by atoms with van der Waals surface area (Å²) < 4.78 is 24.7. The van der Waals surface area contributed by atoms with Gasteiger partial charge in [0.15, 0.2) is 0 Å². The summed E-state index contributed by atoms with van der Waals surface area (Å²) in [5.41, 5.74) is 0. The lowest BCUT2D eigenvalue weighted by atomic mass is 10.1. The molecule has 0 radical (unpaired) electrons. The van der Waals surface area contributed by atoms with Gasteiger partial charge in [-0.05, 0) is 12.8 Å². The molecule has 1 unspecified atom stereocenters. The van der Waals surface area contributed by atoms with Crippen molar-refractivity contribution in [2.24, 2.45) is 0 Å². The average molecular weight is 280 g/mol. The highest BCUT2D eigenvalue weighted by Crippen LogP contribution is 2.22. The second-order valence-corrected chi connectivity index (χ2v) is 4.43. The van der Waals surface area contributed by atoms with Crippen molar-refractivity contribution in [2.45, 2.75) is 31.7 Å². The summed E-state index contributed by atoms with van der Waals surface area (Å²) in [5.74, 6) is -1.02. The first-order valence-electron chi connectivity index (χ1n) is 6.12. The molecule has 1 rings (SSSR count). The van der Waals surface area contributed by atoms with Crippen LogP contribution < -0.4 is 0 Å². The van der Waals surface area contributed by atoms with E-state index in [9.17, 15) is 18.4 Å². The normalized spacial score (nSPS) is 18.9. The minimum absolute atomic E-state index is 0.181. The van der Waals surface area contributed by atoms with E-state index in [0.29, 0.717) is 19.4 Å². The van der Waals surface area contributed by atoms with Gasteiger partial charge >= 0.3 is 12.0 Å². The van der Waals surface area contributed by atoms with Crippen molar-refractivity contribution in [3.05, 3.63) is 0 Å². The van der Waals surface area contributed by atoms with Gasteiger partial charge in [0, 0.05) is 19.1 Å². The Morgan fingerprint density at radius 1 is 1.42 bits per heavy atom. The first kappa shape index (κ1) is 15.6. The molecule has 1 aliphatic heterocycles. The van der Waals surface area contributed by atoms with E-state index in [1.807, 2.05) is 0 Å². The fourth-order valence-corrected chi connectivity index (χ4v) is 2.24. The number of hydrogen-bond donors (Lipinski definition) is 2. The molecule has 1 aliphatic rings. The number of urea groups is 1. The second-order valence-electron chi connectivity index (χ2n) is 4.43. The third kappa shape index (κ3) is 4.62. The number of aliphatic hydroxyl groups is 1. The highest BCUT2D eigenvalue weighted by atomic mass is 19.3. The van der Waals surface area contributed by atoms with Crippen molar-refractivity contribution < 1.29 is 28.6 Å². The number of hydrogen-bond acceptors (Lipinski definition) is 3. The first-order chi connectivity index (χ1) is 8.95. The van der Waals surface area contributed by atoms with E-state index in [2.05, 4.69) is 0 Å². The molecule has 6 nitrogen and oxygen atoms in total. The summed E-state index contributed by atoms with van der Waals surface area (Å²) in [6, 6.07) is -1.08. The van der Waals surface area contributed by atoms with E-state index in [4.69, 9.17) is 10.2 Å². The van der Waals surface area contributed by atoms with Gasteiger partial charge in [-0.3, -0.25) is 4.79 Å². The van der Waals surface area contributed by atoms with E-state index >= 15 is 0 Å². The molecular weight excluding hydrogens is 262 g/mol. The van der Waals surface area contributed by atoms with Crippen LogP contribution in [0.2, 0.25) is 0 Å². The van der Waals surface area contributed by atoms with Gasteiger partial charge in [-0.2, -0.15) is 0 Å². The number of nitrogens with zero attached hydrogens (tertiary/aromatic N) is 2. The number of halogens is 2. The molecule has 2 N–H and O–H groups in total. The van der Waals surface area contributed by atoms with Crippen LogP contribution in [-0.2, 0) is 4.79 Å². The molecule has 8 heteroatoms. The summed E-state index contributed by atoms with van der Waals surface area (Å²) in [6.07, 6.45) is -1.66. The van der Waals surface area contributed by atoms with Crippen molar-refractivity contribution in [1.29, 1.82) is 0 Å². The number of carboxylic acids is 1. The Balaban J connectivity index is 2.68. The lowest BCUT2D eigenvalue weighted by molar-refractivity contribution is -0.138. The Morgan fingerprint density at radius 3 is 2.63 bits per heavy atom. The lowest BCUT2D eigenvalue weighted by Gasteiger charge is -2.30. The Labute approximate surface area is 109 Å². The Morgan fingerprint density at radius 2 is 2.11 bits per heavy atom. The molecule has 0 spiro atoms. The van der Waals surface area contributed by atoms with Crippen LogP contribution in [0.4, 0.5) is 13.6 Å². The van der Waals surface area contributed by atoms with Crippen molar-refractivity contribution in [1.82, 2.24) is 9.80 Å². The largest absolute Gasteiger partial charge is 0.481 e. The van der Waals surface area contributed by atoms with E-state index in [1.165, 1.54) is 4.90 Å². The van der Waals surface area contributed by atoms with Crippen LogP contribution in [0.25, 0.3) is 0 Å². The van der Waals surface area contributed by atoms with Crippen LogP contribution in [-0.4, -0.2) is 70.7 Å². The van der Waals surface area contributed by atoms with Gasteiger partial charge in [-0.25, -0.2) is 13.6 Å². The lowest BCUT2D eigenvalue weighted by Crippen LogP contribution is -2.48. The Bertz CT molecular complexity index is 328. The molecule has 1 fully saturated rings. The highest BCUT2D eigenvalue weighted by molar-refractivity contribution is 5.76. The van der Waals surface area contributed by atoms with E-state index < -0.39 is 37.6 Å². The third-order valence-corrected chi connectivity index (χ3v) is 3.03. The summed E-state index contributed by atoms with van der Waals surface area (Å²) in [6.45, 7) is -0.979. The number of rotatable bonds is 6. The third-order valence-electron chi connectivity index (χ3n) is 3.03. The SMILES string of the molecule is O=C(O)CC1CCCN1C(=O)N(CCO)CC(F)F. The van der Waals surface area contributed by atoms with Gasteiger partial charge in [0.25, 0.3) is 6.43 Å². The number of amides is 2. The fourth-order valence-electron chi connectivity index (χ4n) is 2.24. The van der Waals surface area contributed by atoms with E-state index in [-0.39, 0.29) is 13.0 Å². The van der Waals surface area contributed by atoms with Crippen LogP contribution in [0.5, 0.6) is 0 Å². The fraction of sp³-hybridized carbons (Fsp3) is 0.818. The maximum absolute atomic E-state index is 12.4. The van der Waals surface area contributed by atoms with Gasteiger partial charge in [-0.1, -0.05) is 0 Å². The minimum atomic E-state index is -2.68. The van der Waals surface area contributed by atoms with Gasteiger partial charge in [0.05, 0.1) is 19.6 Å². The molecule has 0 aliphatic carbocycles. The molecular formula is C11H18F2N2O4. The van der Waals surface area contributed by atoms with Crippen LogP contribution >= 0.6 is 0 Å². The van der Waals surface area contributed by atoms with Crippen molar-refractivity contribution in [3.63, 3.8) is 0 Å². The predicted octanol–water partition coefficient (Wildman–Crippen LogP) is 0.605. The zero-order chi connectivity index (χ0) is 14.4. The van der Waals surface area contributed by atoms with Crippen molar-refractivity contribution in [2.75, 3.05) is 26.2 Å². The van der Waals surface area contributed by atoms with Crippen LogP contribution in [0.15, 0.2) is 0 Å². The molecule has 1 heterocycles. The van der Waals surface area contributed by atoms with Gasteiger partial charge in [0.2, 0.25) is 0 Å². The van der Waals surface area contributed by atoms with E-state index in [0.717, 1.165) is 4.90 Å². The molecule has 0 bridgehead atoms. The number of alkyl halides is 2. The van der Waals surface area contributed by atoms with Crippen molar-refractivity contribution >= 4 is 12.0 Å². The zero-order valence-corrected chi connectivity index (χ0v) is 10.5. The monoisotopic (exact) mass is 280 g/mol. The van der Waals surface area contributed by atoms with Crippen LogP contribution in [0.1, 0.15) is 19.3 Å². The summed E-state index contributed by atoms with van der Waals surface area (Å²) >= 11 is 0. The van der Waals surface area contributed by atoms with Gasteiger partial charge < -0.3 is 20.0 Å². The first-order valence-corrected chi connectivity index (χ1v) is 6.12. The number of aliphatic hydroxyl groups excluding tert-OH is 1. The Hall–Kier alpha value is -1.44. The molecule has 2 amide bonds. The van der Waals surface area contributed by atoms with E-state index in [1.54, 1.807) is 0 Å². The number of likely N-dealkylation sites (tertiary alicyclic amines) is 1. The van der Waals surface area contributed by atoms with Crippen molar-refractivity contribution in [3.8, 4) is 0 Å². The Kier molecular flexibility index (Phi) is 5.94. The summed E-state index contributed by atoms with van der Waals surface area (Å²) in [7, 11) is 0. The van der Waals surface area contributed by atoms with Gasteiger partial charge in [-0.15, -0.1) is 0 Å². The maximum atomic E-state index is 12.4. The standard InChI is InChI=1S/C11H18F2N2O4/c12-9(13)7-14(4-5-16)11(19)15-3-1-2-8(15)6-10(17)18/h8-9,16H,1-7H2,(H,17,18). The van der Waals surface area contributed by atoms with Crippen LogP contribution in [0, 0.1) is 0 Å². The minimum Gasteiger partial charge on any atom is -0.481 e. The quantitative estimate of drug-likeness (QED) is 0.746. The molecule has 1 atom stereocenters. The predicted molar refractivity (Wildman–Crippen MR) is 62.0 cm³/mol. The molecule has 0 saturated carbocycles. The average Bonchev–Trinajstić information content (AvgIpc) is 2.74. The number of carbonyl (C=O) groups excluding carboxylic acids is 1. The smallest absolute Gasteiger partial charge is 0.320 e. The zero-order valence-electron chi connectivity index (χ0n) is 10.5. The molecule has 0 aromatic carbocycles. The number of carbonyl (C=O) groups is 2. The highest BCUT2D eigenvalue weighted by Gasteiger charge is 2.33. The maximum Gasteiger partial charge on any atom is 0.320 e.